The maximum Gasteiger partial charge on any atom is 0.306 e. The molecular weight excluding hydrogens is 226 g/mol. The molecule has 3 nitrogen and oxygen atoms in total. The Labute approximate surface area is 109 Å². The van der Waals surface area contributed by atoms with Gasteiger partial charge >= 0.3 is 5.97 Å². The lowest BCUT2D eigenvalue weighted by Gasteiger charge is -2.29. The molecule has 18 heavy (non-hydrogen) atoms. The van der Waals surface area contributed by atoms with Crippen LogP contribution in [0.2, 0.25) is 0 Å². The van der Waals surface area contributed by atoms with Crippen LogP contribution in [-0.4, -0.2) is 23.7 Å². The quantitative estimate of drug-likeness (QED) is 0.752. The van der Waals surface area contributed by atoms with E-state index in [0.717, 1.165) is 50.0 Å². The second-order valence-electron chi connectivity index (χ2n) is 6.34. The molecule has 3 unspecified atom stereocenters. The second kappa shape index (κ2) is 5.04. The summed E-state index contributed by atoms with van der Waals surface area (Å²) in [5.74, 6) is 1.81. The summed E-state index contributed by atoms with van der Waals surface area (Å²) in [5, 5.41) is 12.7. The van der Waals surface area contributed by atoms with E-state index < -0.39 is 5.97 Å². The molecule has 2 fully saturated rings. The van der Waals surface area contributed by atoms with Gasteiger partial charge in [0.2, 0.25) is 0 Å². The summed E-state index contributed by atoms with van der Waals surface area (Å²) in [5.41, 5.74) is 0. The van der Waals surface area contributed by atoms with Crippen LogP contribution in [0.4, 0.5) is 0 Å². The first-order chi connectivity index (χ1) is 8.72. The van der Waals surface area contributed by atoms with Gasteiger partial charge in [-0.25, -0.2) is 0 Å². The van der Waals surface area contributed by atoms with E-state index in [2.05, 4.69) is 17.5 Å². The van der Waals surface area contributed by atoms with Crippen molar-refractivity contribution in [2.24, 2.45) is 23.7 Å². The Morgan fingerprint density at radius 3 is 2.50 bits per heavy atom. The number of carbonyl (C=O) groups is 1. The molecule has 0 aromatic carbocycles. The molecule has 0 aromatic heterocycles. The number of nitrogens with one attached hydrogen (secondary N) is 1. The second-order valence-corrected chi connectivity index (χ2v) is 6.34. The van der Waals surface area contributed by atoms with E-state index in [0.29, 0.717) is 6.04 Å². The Kier molecular flexibility index (Phi) is 3.42. The zero-order valence-corrected chi connectivity index (χ0v) is 10.8. The van der Waals surface area contributed by atoms with E-state index >= 15 is 0 Å². The van der Waals surface area contributed by atoms with Crippen molar-refractivity contribution >= 4 is 5.97 Å². The normalized spacial score (nSPS) is 42.3. The van der Waals surface area contributed by atoms with Crippen LogP contribution in [-0.2, 0) is 4.79 Å². The fourth-order valence-corrected chi connectivity index (χ4v) is 3.99. The number of hydrogen-bond donors (Lipinski definition) is 2. The maximum atomic E-state index is 10.9. The Morgan fingerprint density at radius 2 is 1.94 bits per heavy atom. The summed E-state index contributed by atoms with van der Waals surface area (Å²) in [4.78, 5) is 10.9. The Morgan fingerprint density at radius 1 is 1.17 bits per heavy atom. The molecule has 3 heteroatoms. The molecule has 3 aliphatic carbocycles. The van der Waals surface area contributed by atoms with E-state index in [1.807, 2.05) is 0 Å². The van der Waals surface area contributed by atoms with Gasteiger partial charge in [-0.2, -0.15) is 0 Å². The molecule has 0 aliphatic heterocycles. The van der Waals surface area contributed by atoms with E-state index in [4.69, 9.17) is 5.11 Å². The van der Waals surface area contributed by atoms with Crippen molar-refractivity contribution in [1.29, 1.82) is 0 Å². The summed E-state index contributed by atoms with van der Waals surface area (Å²) < 4.78 is 0. The van der Waals surface area contributed by atoms with Crippen molar-refractivity contribution in [1.82, 2.24) is 5.32 Å². The van der Waals surface area contributed by atoms with Crippen LogP contribution in [0.5, 0.6) is 0 Å². The Bertz CT molecular complexity index is 344. The monoisotopic (exact) mass is 249 g/mol. The number of aliphatic carboxylic acids is 1. The van der Waals surface area contributed by atoms with Crippen molar-refractivity contribution in [2.45, 2.75) is 44.6 Å². The molecule has 2 bridgehead atoms. The van der Waals surface area contributed by atoms with E-state index in [1.165, 1.54) is 12.8 Å². The number of carboxylic acid groups (broad SMARTS) is 1. The number of allylic oxidation sites excluding steroid dienone is 2. The number of rotatable bonds is 4. The lowest BCUT2D eigenvalue weighted by Crippen LogP contribution is -2.38. The lowest BCUT2D eigenvalue weighted by atomic mass is 9.85. The van der Waals surface area contributed by atoms with E-state index in [-0.39, 0.29) is 5.92 Å². The fourth-order valence-electron chi connectivity index (χ4n) is 3.99. The predicted molar refractivity (Wildman–Crippen MR) is 70.2 cm³/mol. The van der Waals surface area contributed by atoms with Gasteiger partial charge in [-0.15, -0.1) is 0 Å². The van der Waals surface area contributed by atoms with Gasteiger partial charge in [-0.05, 0) is 62.8 Å². The summed E-state index contributed by atoms with van der Waals surface area (Å²) in [6.07, 6.45) is 11.3. The van der Waals surface area contributed by atoms with Gasteiger partial charge in [0.05, 0.1) is 5.92 Å². The molecule has 0 radical (unpaired) electrons. The number of fused-ring (bicyclic) bond motifs is 2. The molecule has 0 aromatic rings. The Balaban J connectivity index is 1.40. The molecule has 0 heterocycles. The molecule has 2 N–H and O–H groups in total. The molecular formula is C15H23NO2. The first kappa shape index (κ1) is 12.2. The Hall–Kier alpha value is -0.830. The molecule has 3 rings (SSSR count). The SMILES string of the molecule is O=C(O)C1CCC(NCC2CC3C=CC2C3)CC1. The fraction of sp³-hybridized carbons (Fsp3) is 0.800. The molecule has 0 saturated heterocycles. The minimum atomic E-state index is -0.605. The third-order valence-corrected chi connectivity index (χ3v) is 5.16. The van der Waals surface area contributed by atoms with Crippen molar-refractivity contribution in [3.8, 4) is 0 Å². The van der Waals surface area contributed by atoms with Crippen LogP contribution in [0.1, 0.15) is 38.5 Å². The largest absolute Gasteiger partial charge is 0.481 e. The van der Waals surface area contributed by atoms with Crippen LogP contribution in [0.25, 0.3) is 0 Å². The van der Waals surface area contributed by atoms with Crippen molar-refractivity contribution < 1.29 is 9.90 Å². The van der Waals surface area contributed by atoms with Gasteiger partial charge < -0.3 is 10.4 Å². The molecule has 2 saturated carbocycles. The van der Waals surface area contributed by atoms with Gasteiger partial charge in [0.15, 0.2) is 0 Å². The van der Waals surface area contributed by atoms with Gasteiger partial charge in [-0.1, -0.05) is 12.2 Å². The first-order valence-corrected chi connectivity index (χ1v) is 7.37. The van der Waals surface area contributed by atoms with Crippen LogP contribution < -0.4 is 5.32 Å². The van der Waals surface area contributed by atoms with Gasteiger partial charge in [0.25, 0.3) is 0 Å². The van der Waals surface area contributed by atoms with Gasteiger partial charge in [-0.3, -0.25) is 4.79 Å². The third-order valence-electron chi connectivity index (χ3n) is 5.16. The minimum absolute atomic E-state index is 0.0894. The molecule has 3 aliphatic rings. The average Bonchev–Trinajstić information content (AvgIpc) is 2.99. The average molecular weight is 249 g/mol. The zero-order valence-electron chi connectivity index (χ0n) is 10.8. The predicted octanol–water partition coefficient (Wildman–Crippen LogP) is 2.43. The summed E-state index contributed by atoms with van der Waals surface area (Å²) in [6, 6.07) is 0.559. The van der Waals surface area contributed by atoms with Crippen molar-refractivity contribution in [3.63, 3.8) is 0 Å². The highest BCUT2D eigenvalue weighted by Crippen LogP contribution is 2.43. The van der Waals surface area contributed by atoms with E-state index in [9.17, 15) is 4.79 Å². The third kappa shape index (κ3) is 2.46. The zero-order chi connectivity index (χ0) is 12.5. The van der Waals surface area contributed by atoms with Crippen molar-refractivity contribution in [2.75, 3.05) is 6.54 Å². The molecule has 100 valence electrons. The van der Waals surface area contributed by atoms with E-state index in [1.54, 1.807) is 0 Å². The highest BCUT2D eigenvalue weighted by molar-refractivity contribution is 5.70. The summed E-state index contributed by atoms with van der Waals surface area (Å²) >= 11 is 0. The van der Waals surface area contributed by atoms with Crippen LogP contribution in [0.15, 0.2) is 12.2 Å². The minimum Gasteiger partial charge on any atom is -0.481 e. The van der Waals surface area contributed by atoms with Crippen molar-refractivity contribution in [3.05, 3.63) is 12.2 Å². The van der Waals surface area contributed by atoms with Crippen LogP contribution in [0, 0.1) is 23.7 Å². The summed E-state index contributed by atoms with van der Waals surface area (Å²) in [6.45, 7) is 1.13. The molecule has 0 spiro atoms. The first-order valence-electron chi connectivity index (χ1n) is 7.37. The standard InChI is InChI=1S/C15H23NO2/c17-15(18)11-3-5-14(6-4-11)16-9-13-8-10-1-2-12(13)7-10/h1-2,10-14,16H,3-9H2,(H,17,18). The highest BCUT2D eigenvalue weighted by atomic mass is 16.4. The van der Waals surface area contributed by atoms with Crippen LogP contribution >= 0.6 is 0 Å². The topological polar surface area (TPSA) is 49.3 Å². The maximum absolute atomic E-state index is 10.9. The van der Waals surface area contributed by atoms with Crippen LogP contribution in [0.3, 0.4) is 0 Å². The smallest absolute Gasteiger partial charge is 0.306 e. The highest BCUT2D eigenvalue weighted by Gasteiger charge is 2.35. The number of hydrogen-bond acceptors (Lipinski definition) is 2. The molecule has 3 atom stereocenters. The van der Waals surface area contributed by atoms with Gasteiger partial charge in [0, 0.05) is 6.04 Å². The molecule has 0 amide bonds. The number of carboxylic acids is 1. The van der Waals surface area contributed by atoms with Gasteiger partial charge in [0.1, 0.15) is 0 Å². The lowest BCUT2D eigenvalue weighted by molar-refractivity contribution is -0.142. The summed E-state index contributed by atoms with van der Waals surface area (Å²) in [7, 11) is 0.